The summed E-state index contributed by atoms with van der Waals surface area (Å²) in [6.07, 6.45) is 0. The van der Waals surface area contributed by atoms with Gasteiger partial charge in [-0.05, 0) is 5.82 Å². The van der Waals surface area contributed by atoms with Gasteiger partial charge in [0.15, 0.2) is 0 Å². The first-order chi connectivity index (χ1) is 5.22. The quantitative estimate of drug-likeness (QED) is 0.370. The van der Waals surface area contributed by atoms with Crippen molar-refractivity contribution in [1.29, 1.82) is 0 Å². The van der Waals surface area contributed by atoms with Crippen LogP contribution in [0, 0.1) is 0 Å². The van der Waals surface area contributed by atoms with E-state index in [0.29, 0.717) is 5.82 Å². The van der Waals surface area contributed by atoms with E-state index in [1.807, 2.05) is 0 Å². The molecule has 0 aromatic carbocycles. The first kappa shape index (κ1) is 9.19. The zero-order valence-corrected chi connectivity index (χ0v) is 7.30. The van der Waals surface area contributed by atoms with E-state index in [9.17, 15) is 0 Å². The van der Waals surface area contributed by atoms with Gasteiger partial charge in [0.1, 0.15) is 0 Å². The average Bonchev–Trinajstić information content (AvgIpc) is 2.05. The van der Waals surface area contributed by atoms with E-state index in [-0.39, 0.29) is 6.98 Å². The summed E-state index contributed by atoms with van der Waals surface area (Å²) in [5.41, 5.74) is 5.94. The smallest absolute Gasteiger partial charge is 0.287 e. The fourth-order valence-corrected chi connectivity index (χ4v) is 1.18. The van der Waals surface area contributed by atoms with Crippen LogP contribution in [0.4, 0.5) is 0 Å². The van der Waals surface area contributed by atoms with Crippen LogP contribution < -0.4 is 15.9 Å². The Morgan fingerprint density at radius 2 is 1.91 bits per heavy atom. The molecule has 1 fully saturated rings. The molecular weight excluding hydrogens is 135 g/mol. The van der Waals surface area contributed by atoms with Crippen LogP contribution in [-0.4, -0.2) is 34.3 Å². The van der Waals surface area contributed by atoms with Crippen molar-refractivity contribution in [2.75, 3.05) is 0 Å². The molecule has 1 heterocycles. The van der Waals surface area contributed by atoms with E-state index in [2.05, 4.69) is 28.8 Å². The maximum atomic E-state index is 5.94. The first-order valence-electron chi connectivity index (χ1n) is 4.13. The highest BCUT2D eigenvalue weighted by atomic mass is 15.1. The third-order valence-corrected chi connectivity index (χ3v) is 1.98. The van der Waals surface area contributed by atoms with Crippen molar-refractivity contribution in [1.82, 2.24) is 14.9 Å². The molecule has 0 bridgehead atoms. The Bertz CT molecular complexity index is 116. The van der Waals surface area contributed by atoms with Gasteiger partial charge in [-0.25, -0.2) is 0 Å². The van der Waals surface area contributed by atoms with Gasteiger partial charge in [0.25, 0.3) is 29.6 Å². The zero-order valence-electron chi connectivity index (χ0n) is 7.30. The van der Waals surface area contributed by atoms with Crippen LogP contribution in [0.15, 0.2) is 0 Å². The molecule has 58 valence electrons. The molecule has 0 amide bonds. The monoisotopic (exact) mass is 150 g/mol. The minimum atomic E-state index is 0.162. The van der Waals surface area contributed by atoms with Crippen LogP contribution in [0.25, 0.3) is 0 Å². The Labute approximate surface area is 70.6 Å². The molecule has 8 heteroatoms. The van der Waals surface area contributed by atoms with Crippen LogP contribution in [-0.2, 0) is 0 Å². The number of hydrogen-bond acceptors (Lipinski definition) is 4. The first-order valence-corrected chi connectivity index (χ1v) is 4.13. The Morgan fingerprint density at radius 3 is 2.36 bits per heavy atom. The molecule has 1 aliphatic rings. The number of nitrogens with two attached hydrogens (primary N) is 1. The molecule has 1 aliphatic heterocycles. The summed E-state index contributed by atoms with van der Waals surface area (Å²) >= 11 is 0. The fourth-order valence-electron chi connectivity index (χ4n) is 1.18. The molecule has 0 aromatic heterocycles. The van der Waals surface area contributed by atoms with Gasteiger partial charge in [0, 0.05) is 0 Å². The molecule has 4 nitrogen and oxygen atoms in total. The molecule has 0 saturated carbocycles. The van der Waals surface area contributed by atoms with Crippen LogP contribution in [0.2, 0.25) is 5.82 Å². The minimum Gasteiger partial charge on any atom is -0.392 e. The standard InChI is InChI=1S/C3H14B4N4/c1-3(2)7(8)11-5-9-4-10-6-11/h3-6,9-10H,8H2,1-2H3. The Morgan fingerprint density at radius 1 is 1.36 bits per heavy atom. The van der Waals surface area contributed by atoms with Gasteiger partial charge in [-0.2, -0.15) is 0 Å². The van der Waals surface area contributed by atoms with Crippen molar-refractivity contribution in [2.45, 2.75) is 19.7 Å². The summed E-state index contributed by atoms with van der Waals surface area (Å²) < 4.78 is 2.19. The van der Waals surface area contributed by atoms with Crippen molar-refractivity contribution in [3.63, 3.8) is 0 Å². The number of nitrogens with one attached hydrogen (secondary N) is 2. The van der Waals surface area contributed by atoms with E-state index in [1.165, 1.54) is 0 Å². The predicted octanol–water partition coefficient (Wildman–Crippen LogP) is -2.86. The lowest BCUT2D eigenvalue weighted by Gasteiger charge is -2.31. The average molecular weight is 149 g/mol. The van der Waals surface area contributed by atoms with Crippen LogP contribution in [0.5, 0.6) is 0 Å². The molecule has 11 heavy (non-hydrogen) atoms. The van der Waals surface area contributed by atoms with Gasteiger partial charge in [-0.1, -0.05) is 13.8 Å². The highest BCUT2D eigenvalue weighted by molar-refractivity contribution is 6.79. The molecule has 4 N–H and O–H groups in total. The molecule has 0 radical (unpaired) electrons. The highest BCUT2D eigenvalue weighted by Crippen LogP contribution is 2.04. The Hall–Kier alpha value is 0.0997. The van der Waals surface area contributed by atoms with E-state index in [0.717, 1.165) is 22.6 Å². The van der Waals surface area contributed by atoms with Gasteiger partial charge < -0.3 is 20.6 Å². The normalized spacial score (nSPS) is 18.5. The second-order valence-electron chi connectivity index (χ2n) is 3.32. The lowest BCUT2D eigenvalue weighted by atomic mass is 9.55. The van der Waals surface area contributed by atoms with Gasteiger partial charge >= 0.3 is 0 Å². The van der Waals surface area contributed by atoms with Gasteiger partial charge in [0.05, 0.1) is 0 Å². The third-order valence-electron chi connectivity index (χ3n) is 1.98. The van der Waals surface area contributed by atoms with Crippen LogP contribution in [0.3, 0.4) is 0 Å². The third kappa shape index (κ3) is 2.56. The maximum absolute atomic E-state index is 5.94. The Balaban J connectivity index is 2.32. The maximum Gasteiger partial charge on any atom is 0.287 e. The minimum absolute atomic E-state index is 0.162. The van der Waals surface area contributed by atoms with Crippen molar-refractivity contribution in [2.24, 2.45) is 5.64 Å². The summed E-state index contributed by atoms with van der Waals surface area (Å²) in [6, 6.07) is 0. The lowest BCUT2D eigenvalue weighted by molar-refractivity contribution is 0.886. The van der Waals surface area contributed by atoms with Crippen LogP contribution >= 0.6 is 0 Å². The second kappa shape index (κ2) is 4.21. The summed E-state index contributed by atoms with van der Waals surface area (Å²) in [7, 11) is 2.68. The van der Waals surface area contributed by atoms with Crippen molar-refractivity contribution < 1.29 is 0 Å². The Kier molecular flexibility index (Phi) is 3.51. The lowest BCUT2D eigenvalue weighted by Crippen LogP contribution is -2.65. The zero-order chi connectivity index (χ0) is 8.27. The summed E-state index contributed by atoms with van der Waals surface area (Å²) in [4.78, 5) is 0. The van der Waals surface area contributed by atoms with E-state index in [1.54, 1.807) is 0 Å². The second-order valence-corrected chi connectivity index (χ2v) is 3.32. The van der Waals surface area contributed by atoms with Crippen molar-refractivity contribution >= 4 is 29.6 Å². The summed E-state index contributed by atoms with van der Waals surface area (Å²) in [5, 5.41) is 6.41. The van der Waals surface area contributed by atoms with E-state index in [4.69, 9.17) is 5.64 Å². The van der Waals surface area contributed by atoms with E-state index >= 15 is 0 Å². The van der Waals surface area contributed by atoms with Crippen molar-refractivity contribution in [3.05, 3.63) is 0 Å². The molecule has 0 aliphatic carbocycles. The molecule has 0 aromatic rings. The highest BCUT2D eigenvalue weighted by Gasteiger charge is 2.25. The largest absolute Gasteiger partial charge is 0.392 e. The molecular formula is C3H14B4N4. The summed E-state index contributed by atoms with van der Waals surface area (Å²) in [6.45, 7) is 4.44. The molecule has 1 saturated heterocycles. The van der Waals surface area contributed by atoms with Crippen LogP contribution in [0.1, 0.15) is 13.8 Å². The SMILES string of the molecule is CC(C)B(N)N1BNBNB1. The van der Waals surface area contributed by atoms with Crippen molar-refractivity contribution in [3.8, 4) is 0 Å². The topological polar surface area (TPSA) is 53.3 Å². The summed E-state index contributed by atoms with van der Waals surface area (Å²) in [5.74, 6) is 0.511. The number of rotatable bonds is 2. The molecule has 0 atom stereocenters. The molecule has 0 unspecified atom stereocenters. The van der Waals surface area contributed by atoms with E-state index < -0.39 is 0 Å². The van der Waals surface area contributed by atoms with Gasteiger partial charge in [-0.15, -0.1) is 0 Å². The fraction of sp³-hybridized carbons (Fsp3) is 1.00. The van der Waals surface area contributed by atoms with Gasteiger partial charge in [-0.3, -0.25) is 0 Å². The molecule has 0 spiro atoms. The number of hydrogen-bond donors (Lipinski definition) is 3. The van der Waals surface area contributed by atoms with Gasteiger partial charge in [0.2, 0.25) is 0 Å². The molecule has 1 rings (SSSR count). The number of nitrogens with zero attached hydrogens (tertiary/aromatic N) is 1. The predicted molar refractivity (Wildman–Crippen MR) is 54.6 cm³/mol.